The highest BCUT2D eigenvalue weighted by molar-refractivity contribution is 5.87. The quantitative estimate of drug-likeness (QED) is 0.785. The van der Waals surface area contributed by atoms with Crippen molar-refractivity contribution in [2.24, 2.45) is 0 Å². The number of carbonyl (C=O) groups is 1. The zero-order chi connectivity index (χ0) is 14.6. The SMILES string of the molecule is CCOC(=O)c1cccn1CC(F)(F)c1ccccc1. The molecule has 0 aliphatic heterocycles. The number of benzene rings is 1. The molecule has 0 fully saturated rings. The minimum absolute atomic E-state index is 0.0801. The van der Waals surface area contributed by atoms with Gasteiger partial charge in [0.25, 0.3) is 5.92 Å². The number of alkyl halides is 2. The van der Waals surface area contributed by atoms with Crippen LogP contribution in [0.15, 0.2) is 48.7 Å². The third-order valence-electron chi connectivity index (χ3n) is 2.88. The van der Waals surface area contributed by atoms with Gasteiger partial charge in [0.15, 0.2) is 0 Å². The van der Waals surface area contributed by atoms with Gasteiger partial charge < -0.3 is 9.30 Å². The maximum Gasteiger partial charge on any atom is 0.354 e. The number of hydrogen-bond donors (Lipinski definition) is 0. The minimum atomic E-state index is -3.05. The van der Waals surface area contributed by atoms with E-state index in [9.17, 15) is 13.6 Å². The van der Waals surface area contributed by atoms with E-state index in [4.69, 9.17) is 4.74 Å². The van der Waals surface area contributed by atoms with Gasteiger partial charge in [-0.05, 0) is 19.1 Å². The molecule has 1 aromatic heterocycles. The molecular weight excluding hydrogens is 264 g/mol. The zero-order valence-corrected chi connectivity index (χ0v) is 11.1. The van der Waals surface area contributed by atoms with E-state index >= 15 is 0 Å². The smallest absolute Gasteiger partial charge is 0.354 e. The fourth-order valence-corrected chi connectivity index (χ4v) is 1.93. The number of halogens is 2. The van der Waals surface area contributed by atoms with E-state index in [1.165, 1.54) is 29.0 Å². The van der Waals surface area contributed by atoms with E-state index in [0.717, 1.165) is 0 Å². The van der Waals surface area contributed by atoms with Gasteiger partial charge in [0.2, 0.25) is 0 Å². The predicted molar refractivity (Wildman–Crippen MR) is 70.7 cm³/mol. The Balaban J connectivity index is 2.22. The number of carbonyl (C=O) groups excluding carboxylic acids is 1. The highest BCUT2D eigenvalue weighted by Crippen LogP contribution is 2.30. The fourth-order valence-electron chi connectivity index (χ4n) is 1.93. The Bertz CT molecular complexity index is 579. The first-order valence-electron chi connectivity index (χ1n) is 6.30. The third kappa shape index (κ3) is 3.04. The van der Waals surface area contributed by atoms with Gasteiger partial charge in [0, 0.05) is 11.8 Å². The van der Waals surface area contributed by atoms with Gasteiger partial charge in [-0.3, -0.25) is 0 Å². The molecule has 0 unspecified atom stereocenters. The molecule has 2 rings (SSSR count). The van der Waals surface area contributed by atoms with Gasteiger partial charge in [-0.25, -0.2) is 4.79 Å². The van der Waals surface area contributed by atoms with Crippen LogP contribution in [0, 0.1) is 0 Å². The van der Waals surface area contributed by atoms with Crippen molar-refractivity contribution < 1.29 is 18.3 Å². The van der Waals surface area contributed by atoms with Crippen molar-refractivity contribution in [3.63, 3.8) is 0 Å². The van der Waals surface area contributed by atoms with Crippen LogP contribution >= 0.6 is 0 Å². The van der Waals surface area contributed by atoms with Crippen LogP contribution in [0.25, 0.3) is 0 Å². The van der Waals surface area contributed by atoms with Crippen LogP contribution in [0.4, 0.5) is 8.78 Å². The van der Waals surface area contributed by atoms with Gasteiger partial charge in [0.1, 0.15) is 5.69 Å². The Labute approximate surface area is 115 Å². The van der Waals surface area contributed by atoms with E-state index in [1.807, 2.05) is 0 Å². The molecule has 0 spiro atoms. The lowest BCUT2D eigenvalue weighted by atomic mass is 10.1. The van der Waals surface area contributed by atoms with E-state index in [2.05, 4.69) is 0 Å². The first-order chi connectivity index (χ1) is 9.54. The fraction of sp³-hybridized carbons (Fsp3) is 0.267. The Morgan fingerprint density at radius 3 is 2.55 bits per heavy atom. The molecule has 20 heavy (non-hydrogen) atoms. The van der Waals surface area contributed by atoms with Crippen molar-refractivity contribution in [1.82, 2.24) is 4.57 Å². The lowest BCUT2D eigenvalue weighted by Gasteiger charge is -2.19. The van der Waals surface area contributed by atoms with Crippen LogP contribution in [-0.4, -0.2) is 17.1 Å². The molecular formula is C15H15F2NO2. The monoisotopic (exact) mass is 279 g/mol. The highest BCUT2D eigenvalue weighted by Gasteiger charge is 2.33. The topological polar surface area (TPSA) is 31.2 Å². The normalized spacial score (nSPS) is 11.3. The minimum Gasteiger partial charge on any atom is -0.461 e. The molecule has 0 aliphatic carbocycles. The van der Waals surface area contributed by atoms with Crippen LogP contribution in [0.1, 0.15) is 23.0 Å². The second-order valence-electron chi connectivity index (χ2n) is 4.31. The van der Waals surface area contributed by atoms with Gasteiger partial charge in [0.05, 0.1) is 13.2 Å². The van der Waals surface area contributed by atoms with Crippen molar-refractivity contribution in [3.05, 3.63) is 59.9 Å². The number of hydrogen-bond acceptors (Lipinski definition) is 2. The number of aromatic nitrogens is 1. The van der Waals surface area contributed by atoms with Crippen molar-refractivity contribution >= 4 is 5.97 Å². The van der Waals surface area contributed by atoms with Crippen molar-refractivity contribution in [2.45, 2.75) is 19.4 Å². The van der Waals surface area contributed by atoms with Crippen molar-refractivity contribution in [2.75, 3.05) is 6.61 Å². The largest absolute Gasteiger partial charge is 0.461 e. The molecule has 1 aromatic carbocycles. The molecule has 0 saturated heterocycles. The van der Waals surface area contributed by atoms with Crippen molar-refractivity contribution in [3.8, 4) is 0 Å². The van der Waals surface area contributed by atoms with Crippen LogP contribution in [0.5, 0.6) is 0 Å². The molecule has 0 N–H and O–H groups in total. The van der Waals surface area contributed by atoms with Crippen LogP contribution in [0.3, 0.4) is 0 Å². The summed E-state index contributed by atoms with van der Waals surface area (Å²) in [6.07, 6.45) is 1.45. The maximum absolute atomic E-state index is 14.2. The van der Waals surface area contributed by atoms with Gasteiger partial charge in [-0.15, -0.1) is 0 Å². The molecule has 1 heterocycles. The number of esters is 1. The average Bonchev–Trinajstić information content (AvgIpc) is 2.87. The number of nitrogens with zero attached hydrogens (tertiary/aromatic N) is 1. The first-order valence-corrected chi connectivity index (χ1v) is 6.30. The summed E-state index contributed by atoms with van der Waals surface area (Å²) in [5.74, 6) is -3.65. The lowest BCUT2D eigenvalue weighted by Crippen LogP contribution is -2.23. The van der Waals surface area contributed by atoms with Crippen LogP contribution < -0.4 is 0 Å². The molecule has 2 aromatic rings. The molecule has 0 bridgehead atoms. The Hall–Kier alpha value is -2.17. The van der Waals surface area contributed by atoms with E-state index in [-0.39, 0.29) is 17.9 Å². The summed E-state index contributed by atoms with van der Waals surface area (Å²) in [4.78, 5) is 11.7. The van der Waals surface area contributed by atoms with Crippen molar-refractivity contribution in [1.29, 1.82) is 0 Å². The second-order valence-corrected chi connectivity index (χ2v) is 4.31. The third-order valence-corrected chi connectivity index (χ3v) is 2.88. The molecule has 106 valence electrons. The van der Waals surface area contributed by atoms with Crippen LogP contribution in [-0.2, 0) is 17.2 Å². The standard InChI is InChI=1S/C15H15F2NO2/c1-2-20-14(19)13-9-6-10-18(13)11-15(16,17)12-7-4-3-5-8-12/h3-10H,2,11H2,1H3. The summed E-state index contributed by atoms with van der Waals surface area (Å²) in [5.41, 5.74) is 0.0472. The Morgan fingerprint density at radius 2 is 1.90 bits per heavy atom. The summed E-state index contributed by atoms with van der Waals surface area (Å²) in [7, 11) is 0. The van der Waals surface area contributed by atoms with Crippen LogP contribution in [0.2, 0.25) is 0 Å². The summed E-state index contributed by atoms with van der Waals surface area (Å²) < 4.78 is 34.4. The van der Waals surface area contributed by atoms with Gasteiger partial charge in [-0.1, -0.05) is 30.3 Å². The lowest BCUT2D eigenvalue weighted by molar-refractivity contribution is -0.0230. The second kappa shape index (κ2) is 5.86. The predicted octanol–water partition coefficient (Wildman–Crippen LogP) is 3.46. The molecule has 0 atom stereocenters. The zero-order valence-electron chi connectivity index (χ0n) is 11.1. The molecule has 0 amide bonds. The number of ether oxygens (including phenoxy) is 1. The molecule has 3 nitrogen and oxygen atoms in total. The summed E-state index contributed by atoms with van der Waals surface area (Å²) in [6, 6.07) is 10.6. The number of rotatable bonds is 5. The molecule has 5 heteroatoms. The maximum atomic E-state index is 14.2. The Morgan fingerprint density at radius 1 is 1.20 bits per heavy atom. The summed E-state index contributed by atoms with van der Waals surface area (Å²) in [6.45, 7) is 1.28. The summed E-state index contributed by atoms with van der Waals surface area (Å²) >= 11 is 0. The van der Waals surface area contributed by atoms with E-state index < -0.39 is 18.4 Å². The Kier molecular flexibility index (Phi) is 4.17. The van der Waals surface area contributed by atoms with Gasteiger partial charge in [-0.2, -0.15) is 8.78 Å². The highest BCUT2D eigenvalue weighted by atomic mass is 19.3. The average molecular weight is 279 g/mol. The molecule has 0 saturated carbocycles. The van der Waals surface area contributed by atoms with E-state index in [1.54, 1.807) is 31.2 Å². The molecule has 0 radical (unpaired) electrons. The molecule has 0 aliphatic rings. The summed E-state index contributed by atoms with van der Waals surface area (Å²) in [5, 5.41) is 0. The first kappa shape index (κ1) is 14.2. The van der Waals surface area contributed by atoms with E-state index in [0.29, 0.717) is 0 Å². The van der Waals surface area contributed by atoms with Gasteiger partial charge >= 0.3 is 5.97 Å².